The molecule has 0 aliphatic rings. The molecule has 0 aliphatic carbocycles. The van der Waals surface area contributed by atoms with Crippen molar-refractivity contribution in [3.05, 3.63) is 95.6 Å². The van der Waals surface area contributed by atoms with E-state index in [4.69, 9.17) is 14.2 Å². The van der Waals surface area contributed by atoms with E-state index in [2.05, 4.69) is 12.1 Å². The number of amides is 1. The highest BCUT2D eigenvalue weighted by atomic mass is 16.5. The molecule has 0 radical (unpaired) electrons. The Bertz CT molecular complexity index is 1110. The van der Waals surface area contributed by atoms with E-state index in [9.17, 15) is 9.59 Å². The first-order chi connectivity index (χ1) is 18.4. The summed E-state index contributed by atoms with van der Waals surface area (Å²) in [7, 11) is 3.27. The second-order valence-corrected chi connectivity index (χ2v) is 9.55. The zero-order valence-corrected chi connectivity index (χ0v) is 22.7. The average Bonchev–Trinajstić information content (AvgIpc) is 2.95. The van der Waals surface area contributed by atoms with Gasteiger partial charge >= 0.3 is 5.97 Å². The maximum Gasteiger partial charge on any atom is 0.308 e. The van der Waals surface area contributed by atoms with Gasteiger partial charge in [-0.15, -0.1) is 0 Å². The molecule has 6 heteroatoms. The number of benzene rings is 3. The molecule has 3 rings (SSSR count). The Morgan fingerprint density at radius 1 is 0.763 bits per heavy atom. The van der Waals surface area contributed by atoms with Crippen LogP contribution in [0.3, 0.4) is 0 Å². The van der Waals surface area contributed by atoms with Crippen LogP contribution in [0.1, 0.15) is 36.5 Å². The summed E-state index contributed by atoms with van der Waals surface area (Å²) < 4.78 is 16.4. The van der Waals surface area contributed by atoms with Gasteiger partial charge in [0, 0.05) is 13.6 Å². The molecule has 3 aromatic carbocycles. The largest absolute Gasteiger partial charge is 0.494 e. The Morgan fingerprint density at radius 3 is 1.87 bits per heavy atom. The van der Waals surface area contributed by atoms with Crippen LogP contribution in [-0.4, -0.2) is 50.7 Å². The second kappa shape index (κ2) is 15.5. The molecule has 1 atom stereocenters. The van der Waals surface area contributed by atoms with Gasteiger partial charge in [0.05, 0.1) is 32.7 Å². The van der Waals surface area contributed by atoms with Crippen molar-refractivity contribution in [2.75, 3.05) is 33.9 Å². The Hall–Kier alpha value is -3.80. The summed E-state index contributed by atoms with van der Waals surface area (Å²) in [4.78, 5) is 25.9. The zero-order chi connectivity index (χ0) is 27.2. The highest BCUT2D eigenvalue weighted by Crippen LogP contribution is 2.17. The second-order valence-electron chi connectivity index (χ2n) is 9.55. The van der Waals surface area contributed by atoms with E-state index in [1.807, 2.05) is 80.7 Å². The van der Waals surface area contributed by atoms with Crippen LogP contribution in [0, 0.1) is 5.92 Å². The monoisotopic (exact) mass is 517 g/mol. The summed E-state index contributed by atoms with van der Waals surface area (Å²) in [6, 6.07) is 25.8. The third-order valence-corrected chi connectivity index (χ3v) is 6.43. The third kappa shape index (κ3) is 9.92. The van der Waals surface area contributed by atoms with Gasteiger partial charge in [-0.2, -0.15) is 0 Å². The van der Waals surface area contributed by atoms with E-state index in [-0.39, 0.29) is 17.8 Å². The third-order valence-electron chi connectivity index (χ3n) is 6.43. The van der Waals surface area contributed by atoms with E-state index in [1.54, 1.807) is 4.90 Å². The van der Waals surface area contributed by atoms with Crippen molar-refractivity contribution in [3.63, 3.8) is 0 Å². The van der Waals surface area contributed by atoms with Crippen LogP contribution in [0.15, 0.2) is 78.9 Å². The molecule has 0 aromatic heterocycles. The van der Waals surface area contributed by atoms with Crippen LogP contribution in [0.4, 0.5) is 0 Å². The Labute approximate surface area is 226 Å². The van der Waals surface area contributed by atoms with Crippen molar-refractivity contribution in [1.82, 2.24) is 4.90 Å². The minimum Gasteiger partial charge on any atom is -0.494 e. The molecule has 38 heavy (non-hydrogen) atoms. The van der Waals surface area contributed by atoms with E-state index in [0.717, 1.165) is 41.9 Å². The van der Waals surface area contributed by atoms with E-state index in [1.165, 1.54) is 12.7 Å². The lowest BCUT2D eigenvalue weighted by molar-refractivity contribution is -0.144. The summed E-state index contributed by atoms with van der Waals surface area (Å²) in [6.07, 6.45) is 3.64. The van der Waals surface area contributed by atoms with Crippen LogP contribution < -0.4 is 9.47 Å². The number of esters is 1. The van der Waals surface area contributed by atoms with Crippen molar-refractivity contribution in [1.29, 1.82) is 0 Å². The number of methoxy groups -OCH3 is 1. The molecule has 6 nitrogen and oxygen atoms in total. The number of hydrogen-bond acceptors (Lipinski definition) is 5. The molecular formula is C32H39NO5. The number of carbonyl (C=O) groups is 2. The Morgan fingerprint density at radius 2 is 1.32 bits per heavy atom. The molecule has 0 N–H and O–H groups in total. The van der Waals surface area contributed by atoms with Gasteiger partial charge < -0.3 is 19.1 Å². The fourth-order valence-electron chi connectivity index (χ4n) is 4.02. The maximum absolute atomic E-state index is 12.6. The predicted octanol–water partition coefficient (Wildman–Crippen LogP) is 5.52. The summed E-state index contributed by atoms with van der Waals surface area (Å²) >= 11 is 0. The smallest absolute Gasteiger partial charge is 0.308 e. The number of ether oxygens (including phenoxy) is 3. The number of carbonyl (C=O) groups excluding carboxylic acids is 2. The predicted molar refractivity (Wildman–Crippen MR) is 149 cm³/mol. The first-order valence-electron chi connectivity index (χ1n) is 13.2. The minimum absolute atomic E-state index is 0.111. The van der Waals surface area contributed by atoms with E-state index < -0.39 is 0 Å². The van der Waals surface area contributed by atoms with E-state index >= 15 is 0 Å². The number of hydrogen-bond donors (Lipinski definition) is 0. The normalized spacial score (nSPS) is 11.4. The Balaban J connectivity index is 1.28. The summed E-state index contributed by atoms with van der Waals surface area (Å²) in [5.41, 5.74) is 3.29. The molecule has 1 amide bonds. The summed E-state index contributed by atoms with van der Waals surface area (Å²) in [6.45, 7) is 3.78. The highest BCUT2D eigenvalue weighted by Gasteiger charge is 2.13. The van der Waals surface area contributed by atoms with Crippen LogP contribution >= 0.6 is 0 Å². The van der Waals surface area contributed by atoms with Crippen molar-refractivity contribution in [2.24, 2.45) is 5.92 Å². The minimum atomic E-state index is -0.198. The first kappa shape index (κ1) is 28.8. The van der Waals surface area contributed by atoms with Gasteiger partial charge in [0.1, 0.15) is 11.5 Å². The van der Waals surface area contributed by atoms with Gasteiger partial charge in [0.25, 0.3) is 0 Å². The SMILES string of the molecule is COC(=O)C(C)Cc1ccc(OCCCCOc2ccc(CC(=O)N(C)CCc3ccccc3)cc2)cc1. The van der Waals surface area contributed by atoms with Crippen molar-refractivity contribution >= 4 is 11.9 Å². The molecule has 0 fully saturated rings. The standard InChI is InChI=1S/C32H39NO5/c1-25(32(35)36-3)23-27-11-15-29(16-12-27)37-21-7-8-22-38-30-17-13-28(14-18-30)24-31(34)33(2)20-19-26-9-5-4-6-10-26/h4-6,9-18,25H,7-8,19-24H2,1-3H3. The molecule has 0 bridgehead atoms. The lowest BCUT2D eigenvalue weighted by Gasteiger charge is -2.17. The van der Waals surface area contributed by atoms with Crippen molar-refractivity contribution < 1.29 is 23.8 Å². The lowest BCUT2D eigenvalue weighted by atomic mass is 10.0. The first-order valence-corrected chi connectivity index (χ1v) is 13.2. The molecule has 3 aromatic rings. The average molecular weight is 518 g/mol. The molecule has 0 saturated heterocycles. The van der Waals surface area contributed by atoms with Crippen molar-refractivity contribution in [2.45, 2.75) is 39.0 Å². The number of unbranched alkanes of at least 4 members (excludes halogenated alkanes) is 1. The number of rotatable bonds is 15. The van der Waals surface area contributed by atoms with Gasteiger partial charge in [0.2, 0.25) is 5.91 Å². The molecule has 0 aliphatic heterocycles. The lowest BCUT2D eigenvalue weighted by Crippen LogP contribution is -2.30. The van der Waals surface area contributed by atoms with Crippen LogP contribution in [0.5, 0.6) is 11.5 Å². The topological polar surface area (TPSA) is 65.1 Å². The van der Waals surface area contributed by atoms with Crippen molar-refractivity contribution in [3.8, 4) is 11.5 Å². The zero-order valence-electron chi connectivity index (χ0n) is 22.7. The molecular weight excluding hydrogens is 478 g/mol. The molecule has 0 saturated carbocycles. The maximum atomic E-state index is 12.6. The molecule has 0 heterocycles. The highest BCUT2D eigenvalue weighted by molar-refractivity contribution is 5.78. The van der Waals surface area contributed by atoms with Crippen LogP contribution in [0.2, 0.25) is 0 Å². The van der Waals surface area contributed by atoms with Gasteiger partial charge in [0.15, 0.2) is 0 Å². The molecule has 202 valence electrons. The van der Waals surface area contributed by atoms with E-state index in [0.29, 0.717) is 32.6 Å². The summed E-state index contributed by atoms with van der Waals surface area (Å²) in [5, 5.41) is 0. The van der Waals surface area contributed by atoms with Gasteiger partial charge in [-0.1, -0.05) is 61.5 Å². The van der Waals surface area contributed by atoms with Gasteiger partial charge in [-0.3, -0.25) is 9.59 Å². The quantitative estimate of drug-likeness (QED) is 0.196. The van der Waals surface area contributed by atoms with Crippen LogP contribution in [-0.2, 0) is 33.6 Å². The van der Waals surface area contributed by atoms with Gasteiger partial charge in [-0.25, -0.2) is 0 Å². The molecule has 1 unspecified atom stereocenters. The summed E-state index contributed by atoms with van der Waals surface area (Å²) in [5.74, 6) is 1.37. The molecule has 0 spiro atoms. The fourth-order valence-corrected chi connectivity index (χ4v) is 4.02. The van der Waals surface area contributed by atoms with Crippen LogP contribution in [0.25, 0.3) is 0 Å². The van der Waals surface area contributed by atoms with Gasteiger partial charge in [-0.05, 0) is 66.6 Å². The fraction of sp³-hybridized carbons (Fsp3) is 0.375. The number of likely N-dealkylation sites (N-methyl/N-ethyl adjacent to an activating group) is 1. The number of nitrogens with zero attached hydrogens (tertiary/aromatic N) is 1. The Kier molecular flexibility index (Phi) is 11.7.